The van der Waals surface area contributed by atoms with Crippen LogP contribution < -0.4 is 5.32 Å². The Labute approximate surface area is 106 Å². The van der Waals surface area contributed by atoms with Crippen molar-refractivity contribution < 1.29 is 4.21 Å². The van der Waals surface area contributed by atoms with Crippen molar-refractivity contribution in [3.05, 3.63) is 29.8 Å². The number of hydrogen-bond donors (Lipinski definition) is 1. The minimum absolute atomic E-state index is 0.273. The van der Waals surface area contributed by atoms with Gasteiger partial charge in [-0.3, -0.25) is 4.21 Å². The summed E-state index contributed by atoms with van der Waals surface area (Å²) < 4.78 is 12.7. The Morgan fingerprint density at radius 1 is 1.24 bits per heavy atom. The molecule has 3 atom stereocenters. The molecule has 1 fully saturated rings. The molecular formula is C14H21NOS. The first-order chi connectivity index (χ1) is 8.24. The third-order valence-corrected chi connectivity index (χ3v) is 5.66. The highest BCUT2D eigenvalue weighted by molar-refractivity contribution is 7.85. The number of hydrogen-bond acceptors (Lipinski definition) is 2. The molecule has 0 aromatic heterocycles. The lowest BCUT2D eigenvalue weighted by molar-refractivity contribution is 0.399. The summed E-state index contributed by atoms with van der Waals surface area (Å²) in [5.74, 6) is 0. The molecule has 0 bridgehead atoms. The fourth-order valence-electron chi connectivity index (χ4n) is 2.63. The van der Waals surface area contributed by atoms with Crippen LogP contribution in [-0.4, -0.2) is 22.5 Å². The fourth-order valence-corrected chi connectivity index (χ4v) is 4.50. The lowest BCUT2D eigenvalue weighted by Gasteiger charge is -2.30. The maximum absolute atomic E-state index is 12.7. The maximum Gasteiger partial charge on any atom is 0.0579 e. The van der Waals surface area contributed by atoms with Gasteiger partial charge in [-0.2, -0.15) is 0 Å². The normalized spacial score (nSPS) is 26.7. The molecule has 17 heavy (non-hydrogen) atoms. The van der Waals surface area contributed by atoms with E-state index in [4.69, 9.17) is 0 Å². The van der Waals surface area contributed by atoms with E-state index in [1.165, 1.54) is 12.8 Å². The lowest BCUT2D eigenvalue weighted by Crippen LogP contribution is -2.42. The van der Waals surface area contributed by atoms with Gasteiger partial charge in [-0.1, -0.05) is 31.0 Å². The SMILES string of the molecule is CNC1CCCCC1S(=O)c1ccccc1C. The zero-order valence-corrected chi connectivity index (χ0v) is 11.4. The smallest absolute Gasteiger partial charge is 0.0579 e. The molecule has 1 saturated carbocycles. The molecule has 3 heteroatoms. The topological polar surface area (TPSA) is 29.1 Å². The summed E-state index contributed by atoms with van der Waals surface area (Å²) in [7, 11) is 1.11. The Bertz CT molecular complexity index is 405. The first-order valence-corrected chi connectivity index (χ1v) is 7.59. The monoisotopic (exact) mass is 251 g/mol. The third-order valence-electron chi connectivity index (χ3n) is 3.66. The molecule has 3 unspecified atom stereocenters. The number of benzene rings is 1. The lowest BCUT2D eigenvalue weighted by atomic mass is 9.95. The summed E-state index contributed by atoms with van der Waals surface area (Å²) in [6.07, 6.45) is 4.69. The number of nitrogens with one attached hydrogen (secondary N) is 1. The summed E-state index contributed by atoms with van der Waals surface area (Å²) in [6, 6.07) is 8.45. The summed E-state index contributed by atoms with van der Waals surface area (Å²) >= 11 is 0. The van der Waals surface area contributed by atoms with Crippen LogP contribution in [0.5, 0.6) is 0 Å². The van der Waals surface area contributed by atoms with Crippen LogP contribution in [0.2, 0.25) is 0 Å². The van der Waals surface area contributed by atoms with Gasteiger partial charge in [0.2, 0.25) is 0 Å². The summed E-state index contributed by atoms with van der Waals surface area (Å²) in [4.78, 5) is 1.01. The van der Waals surface area contributed by atoms with E-state index in [-0.39, 0.29) is 5.25 Å². The van der Waals surface area contributed by atoms with Gasteiger partial charge in [0.1, 0.15) is 0 Å². The zero-order chi connectivity index (χ0) is 12.3. The van der Waals surface area contributed by atoms with Gasteiger partial charge >= 0.3 is 0 Å². The van der Waals surface area contributed by atoms with Gasteiger partial charge in [-0.25, -0.2) is 0 Å². The van der Waals surface area contributed by atoms with E-state index in [9.17, 15) is 4.21 Å². The van der Waals surface area contributed by atoms with Crippen molar-refractivity contribution in [3.8, 4) is 0 Å². The predicted molar refractivity (Wildman–Crippen MR) is 72.7 cm³/mol. The van der Waals surface area contributed by atoms with Gasteiger partial charge in [0.25, 0.3) is 0 Å². The van der Waals surface area contributed by atoms with E-state index >= 15 is 0 Å². The largest absolute Gasteiger partial charge is 0.316 e. The molecule has 94 valence electrons. The molecule has 1 aromatic rings. The first kappa shape index (κ1) is 12.8. The molecule has 1 aliphatic carbocycles. The van der Waals surface area contributed by atoms with E-state index in [0.717, 1.165) is 23.3 Å². The van der Waals surface area contributed by atoms with E-state index in [1.54, 1.807) is 0 Å². The Balaban J connectivity index is 2.21. The molecule has 1 N–H and O–H groups in total. The van der Waals surface area contributed by atoms with Crippen molar-refractivity contribution >= 4 is 10.8 Å². The highest BCUT2D eigenvalue weighted by Crippen LogP contribution is 2.27. The van der Waals surface area contributed by atoms with Crippen LogP contribution in [0.15, 0.2) is 29.2 Å². The molecule has 0 spiro atoms. The summed E-state index contributed by atoms with van der Waals surface area (Å²) in [5, 5.41) is 3.60. The molecular weight excluding hydrogens is 230 g/mol. The van der Waals surface area contributed by atoms with Crippen LogP contribution in [-0.2, 0) is 10.8 Å². The van der Waals surface area contributed by atoms with Gasteiger partial charge in [-0.15, -0.1) is 0 Å². The second kappa shape index (κ2) is 5.78. The predicted octanol–water partition coefficient (Wildman–Crippen LogP) is 2.63. The Morgan fingerprint density at radius 3 is 2.65 bits per heavy atom. The average molecular weight is 251 g/mol. The fraction of sp³-hybridized carbons (Fsp3) is 0.571. The van der Waals surface area contributed by atoms with Crippen molar-refractivity contribution in [2.45, 2.75) is 48.8 Å². The quantitative estimate of drug-likeness (QED) is 0.895. The average Bonchev–Trinajstić information content (AvgIpc) is 2.38. The summed E-state index contributed by atoms with van der Waals surface area (Å²) in [5.41, 5.74) is 1.14. The van der Waals surface area contributed by atoms with Gasteiger partial charge < -0.3 is 5.32 Å². The second-order valence-corrected chi connectivity index (χ2v) is 6.42. The molecule has 1 aromatic carbocycles. The van der Waals surface area contributed by atoms with Crippen molar-refractivity contribution in [2.24, 2.45) is 0 Å². The molecule has 1 aliphatic rings. The Hall–Kier alpha value is -0.670. The van der Waals surface area contributed by atoms with Crippen molar-refractivity contribution in [2.75, 3.05) is 7.05 Å². The molecule has 0 radical (unpaired) electrons. The van der Waals surface area contributed by atoms with Crippen LogP contribution in [0, 0.1) is 6.92 Å². The molecule has 0 saturated heterocycles. The standard InChI is InChI=1S/C14H21NOS/c1-11-7-3-5-9-13(11)17(16)14-10-6-4-8-12(14)15-2/h3,5,7,9,12,14-15H,4,6,8,10H2,1-2H3. The number of aryl methyl sites for hydroxylation is 1. The molecule has 0 amide bonds. The van der Waals surface area contributed by atoms with Gasteiger partial charge in [0.05, 0.1) is 16.0 Å². The third kappa shape index (κ3) is 2.78. The van der Waals surface area contributed by atoms with E-state index in [0.29, 0.717) is 6.04 Å². The van der Waals surface area contributed by atoms with Crippen LogP contribution in [0.4, 0.5) is 0 Å². The first-order valence-electron chi connectivity index (χ1n) is 6.37. The Morgan fingerprint density at radius 2 is 1.94 bits per heavy atom. The van der Waals surface area contributed by atoms with Crippen LogP contribution in [0.3, 0.4) is 0 Å². The Kier molecular flexibility index (Phi) is 4.35. The van der Waals surface area contributed by atoms with Crippen molar-refractivity contribution in [1.82, 2.24) is 5.32 Å². The molecule has 2 rings (SSSR count). The van der Waals surface area contributed by atoms with Crippen LogP contribution in [0.1, 0.15) is 31.2 Å². The van der Waals surface area contributed by atoms with E-state index < -0.39 is 10.8 Å². The van der Waals surface area contributed by atoms with Gasteiger partial charge in [0, 0.05) is 10.9 Å². The van der Waals surface area contributed by atoms with Gasteiger partial charge in [0.15, 0.2) is 0 Å². The molecule has 0 aliphatic heterocycles. The van der Waals surface area contributed by atoms with Gasteiger partial charge in [-0.05, 0) is 38.4 Å². The van der Waals surface area contributed by atoms with E-state index in [1.807, 2.05) is 38.2 Å². The summed E-state index contributed by atoms with van der Waals surface area (Å²) in [6.45, 7) is 2.05. The number of rotatable bonds is 3. The second-order valence-electron chi connectivity index (χ2n) is 4.78. The van der Waals surface area contributed by atoms with Crippen molar-refractivity contribution in [1.29, 1.82) is 0 Å². The maximum atomic E-state index is 12.7. The minimum Gasteiger partial charge on any atom is -0.316 e. The molecule has 0 heterocycles. The highest BCUT2D eigenvalue weighted by Gasteiger charge is 2.29. The molecule has 2 nitrogen and oxygen atoms in total. The highest BCUT2D eigenvalue weighted by atomic mass is 32.2. The van der Waals surface area contributed by atoms with Crippen LogP contribution >= 0.6 is 0 Å². The zero-order valence-electron chi connectivity index (χ0n) is 10.6. The van der Waals surface area contributed by atoms with E-state index in [2.05, 4.69) is 5.32 Å². The minimum atomic E-state index is -0.874. The van der Waals surface area contributed by atoms with Crippen molar-refractivity contribution in [3.63, 3.8) is 0 Å². The van der Waals surface area contributed by atoms with Crippen LogP contribution in [0.25, 0.3) is 0 Å².